The summed E-state index contributed by atoms with van der Waals surface area (Å²) in [6, 6.07) is 7.82. The van der Waals surface area contributed by atoms with Crippen LogP contribution in [0.5, 0.6) is 5.75 Å². The second kappa shape index (κ2) is 8.73. The summed E-state index contributed by atoms with van der Waals surface area (Å²) in [5.41, 5.74) is 8.32. The quantitative estimate of drug-likeness (QED) is 0.602. The Bertz CT molecular complexity index is 1150. The molecular formula is C23H24N6O. The average molecular weight is 400 g/mol. The highest BCUT2D eigenvalue weighted by molar-refractivity contribution is 5.97. The van der Waals surface area contributed by atoms with Crippen molar-refractivity contribution < 1.29 is 4.74 Å². The first kappa shape index (κ1) is 19.6. The van der Waals surface area contributed by atoms with Gasteiger partial charge >= 0.3 is 0 Å². The van der Waals surface area contributed by atoms with E-state index in [1.165, 1.54) is 0 Å². The zero-order chi connectivity index (χ0) is 20.9. The van der Waals surface area contributed by atoms with Crippen molar-refractivity contribution in [3.05, 3.63) is 66.2 Å². The predicted molar refractivity (Wildman–Crippen MR) is 120 cm³/mol. The molecule has 7 heteroatoms. The van der Waals surface area contributed by atoms with Crippen molar-refractivity contribution in [3.63, 3.8) is 0 Å². The standard InChI is InChI=1S/C23H24N6O/c1-15-6-10-17(11-7-15)30-18-12-8-16(9-13-18)21-20-22(24)28-29-23(20)27-19(26-21)5-3-4-14-25-2/h3-4,6,8-15H,5,7H2,1-2H3,(H3,24,26,27,28,29)/b4-3-,25-14?. The van der Waals surface area contributed by atoms with Crippen LogP contribution in [-0.2, 0) is 6.42 Å². The molecule has 0 fully saturated rings. The number of rotatable bonds is 6. The van der Waals surface area contributed by atoms with E-state index in [2.05, 4.69) is 39.2 Å². The molecule has 2 heterocycles. The SMILES string of the molecule is CN=C/C=C\Cc1nc(-c2ccc(OC3=CCC(C)C=C3)cc2)c2c(N)[nH]nc2n1. The molecule has 0 aliphatic heterocycles. The Morgan fingerprint density at radius 3 is 2.83 bits per heavy atom. The fourth-order valence-corrected chi connectivity index (χ4v) is 3.21. The third-order valence-corrected chi connectivity index (χ3v) is 4.80. The first-order valence-corrected chi connectivity index (χ1v) is 9.88. The maximum Gasteiger partial charge on any atom is 0.187 e. The fraction of sp³-hybridized carbons (Fsp3) is 0.217. The monoisotopic (exact) mass is 400 g/mol. The predicted octanol–water partition coefficient (Wildman–Crippen LogP) is 4.26. The molecule has 152 valence electrons. The number of aromatic nitrogens is 4. The van der Waals surface area contributed by atoms with Crippen LogP contribution in [0.2, 0.25) is 0 Å². The molecular weight excluding hydrogens is 376 g/mol. The molecule has 1 aromatic carbocycles. The van der Waals surface area contributed by atoms with Crippen LogP contribution in [0, 0.1) is 5.92 Å². The van der Waals surface area contributed by atoms with Crippen molar-refractivity contribution >= 4 is 23.1 Å². The molecule has 0 saturated carbocycles. The van der Waals surface area contributed by atoms with E-state index in [0.29, 0.717) is 29.6 Å². The van der Waals surface area contributed by atoms with Gasteiger partial charge in [-0.15, -0.1) is 0 Å². The summed E-state index contributed by atoms with van der Waals surface area (Å²) in [6.45, 7) is 2.18. The number of ether oxygens (including phenoxy) is 1. The van der Waals surface area contributed by atoms with Gasteiger partial charge in [0.15, 0.2) is 5.65 Å². The topological polar surface area (TPSA) is 102 Å². The number of hydrogen-bond acceptors (Lipinski definition) is 6. The molecule has 30 heavy (non-hydrogen) atoms. The molecule has 7 nitrogen and oxygen atoms in total. The van der Waals surface area contributed by atoms with Gasteiger partial charge in [-0.2, -0.15) is 5.10 Å². The van der Waals surface area contributed by atoms with Crippen LogP contribution < -0.4 is 10.5 Å². The molecule has 0 saturated heterocycles. The number of aliphatic imine (C=N–C) groups is 1. The number of allylic oxidation sites excluding steroid dienone is 5. The minimum Gasteiger partial charge on any atom is -0.458 e. The first-order chi connectivity index (χ1) is 14.6. The molecule has 0 amide bonds. The average Bonchev–Trinajstić information content (AvgIpc) is 3.14. The lowest BCUT2D eigenvalue weighted by atomic mass is 10.0. The summed E-state index contributed by atoms with van der Waals surface area (Å²) >= 11 is 0. The maximum absolute atomic E-state index is 6.10. The number of H-pyrrole nitrogens is 1. The van der Waals surface area contributed by atoms with E-state index in [1.807, 2.05) is 42.5 Å². The number of anilines is 1. The van der Waals surface area contributed by atoms with Crippen LogP contribution in [0.4, 0.5) is 5.82 Å². The van der Waals surface area contributed by atoms with Crippen LogP contribution in [-0.4, -0.2) is 33.4 Å². The van der Waals surface area contributed by atoms with Gasteiger partial charge in [-0.3, -0.25) is 10.1 Å². The van der Waals surface area contributed by atoms with E-state index < -0.39 is 0 Å². The Kier molecular flexibility index (Phi) is 5.70. The Morgan fingerprint density at radius 2 is 2.10 bits per heavy atom. The minimum absolute atomic E-state index is 0.451. The van der Waals surface area contributed by atoms with Gasteiger partial charge in [-0.1, -0.05) is 19.1 Å². The second-order valence-corrected chi connectivity index (χ2v) is 7.17. The summed E-state index contributed by atoms with van der Waals surface area (Å²) in [7, 11) is 1.73. The van der Waals surface area contributed by atoms with Gasteiger partial charge in [0.05, 0.1) is 11.1 Å². The lowest BCUT2D eigenvalue weighted by molar-refractivity contribution is 0.435. The molecule has 4 rings (SSSR count). The number of hydrogen-bond donors (Lipinski definition) is 2. The Labute approximate surface area is 175 Å². The van der Waals surface area contributed by atoms with E-state index in [9.17, 15) is 0 Å². The summed E-state index contributed by atoms with van der Waals surface area (Å²) in [4.78, 5) is 13.2. The molecule has 2 aromatic heterocycles. The van der Waals surface area contributed by atoms with Crippen molar-refractivity contribution in [2.24, 2.45) is 10.9 Å². The second-order valence-electron chi connectivity index (χ2n) is 7.17. The van der Waals surface area contributed by atoms with Crippen LogP contribution in [0.25, 0.3) is 22.3 Å². The van der Waals surface area contributed by atoms with Crippen molar-refractivity contribution in [1.29, 1.82) is 0 Å². The van der Waals surface area contributed by atoms with E-state index in [-0.39, 0.29) is 0 Å². The number of benzene rings is 1. The minimum atomic E-state index is 0.451. The smallest absolute Gasteiger partial charge is 0.187 e. The van der Waals surface area contributed by atoms with Gasteiger partial charge < -0.3 is 10.5 Å². The molecule has 0 spiro atoms. The molecule has 0 bridgehead atoms. The molecule has 3 N–H and O–H groups in total. The van der Waals surface area contributed by atoms with Crippen molar-refractivity contribution in [3.8, 4) is 17.0 Å². The number of nitrogens with zero attached hydrogens (tertiary/aromatic N) is 4. The Hall–Kier alpha value is -3.74. The lowest BCUT2D eigenvalue weighted by Crippen LogP contribution is -2.00. The lowest BCUT2D eigenvalue weighted by Gasteiger charge is -2.13. The largest absolute Gasteiger partial charge is 0.458 e. The molecule has 0 radical (unpaired) electrons. The van der Waals surface area contributed by atoms with Gasteiger partial charge in [0.1, 0.15) is 23.2 Å². The number of fused-ring (bicyclic) bond motifs is 1. The van der Waals surface area contributed by atoms with Crippen LogP contribution in [0.15, 0.2) is 65.4 Å². The first-order valence-electron chi connectivity index (χ1n) is 9.88. The maximum atomic E-state index is 6.10. The van der Waals surface area contributed by atoms with Crippen molar-refractivity contribution in [1.82, 2.24) is 20.2 Å². The van der Waals surface area contributed by atoms with Crippen LogP contribution in [0.3, 0.4) is 0 Å². The Morgan fingerprint density at radius 1 is 1.27 bits per heavy atom. The summed E-state index contributed by atoms with van der Waals surface area (Å²) in [5.74, 6) is 3.31. The highest BCUT2D eigenvalue weighted by atomic mass is 16.5. The third-order valence-electron chi connectivity index (χ3n) is 4.80. The summed E-state index contributed by atoms with van der Waals surface area (Å²) in [5, 5.41) is 7.75. The van der Waals surface area contributed by atoms with Gasteiger partial charge in [-0.05, 0) is 54.8 Å². The van der Waals surface area contributed by atoms with Gasteiger partial charge in [0.25, 0.3) is 0 Å². The number of nitrogens with one attached hydrogen (secondary N) is 1. The highest BCUT2D eigenvalue weighted by Gasteiger charge is 2.15. The molecule has 3 aromatic rings. The van der Waals surface area contributed by atoms with Crippen LogP contribution in [0.1, 0.15) is 19.2 Å². The van der Waals surface area contributed by atoms with E-state index in [0.717, 1.165) is 34.6 Å². The number of nitrogens with two attached hydrogens (primary N) is 1. The Balaban J connectivity index is 1.63. The zero-order valence-electron chi connectivity index (χ0n) is 17.0. The number of nitrogen functional groups attached to an aromatic ring is 1. The molecule has 1 aliphatic rings. The van der Waals surface area contributed by atoms with Gasteiger partial charge in [0, 0.05) is 25.2 Å². The number of aromatic amines is 1. The van der Waals surface area contributed by atoms with Crippen molar-refractivity contribution in [2.75, 3.05) is 12.8 Å². The molecule has 1 atom stereocenters. The highest BCUT2D eigenvalue weighted by Crippen LogP contribution is 2.31. The normalized spacial score (nSPS) is 16.6. The molecule has 1 aliphatic carbocycles. The fourth-order valence-electron chi connectivity index (χ4n) is 3.21. The van der Waals surface area contributed by atoms with E-state index in [4.69, 9.17) is 15.5 Å². The van der Waals surface area contributed by atoms with Crippen molar-refractivity contribution in [2.45, 2.75) is 19.8 Å². The van der Waals surface area contributed by atoms with E-state index >= 15 is 0 Å². The summed E-state index contributed by atoms with van der Waals surface area (Å²) < 4.78 is 5.97. The third kappa shape index (κ3) is 4.30. The summed E-state index contributed by atoms with van der Waals surface area (Å²) in [6.07, 6.45) is 13.4. The van der Waals surface area contributed by atoms with Gasteiger partial charge in [-0.25, -0.2) is 9.97 Å². The van der Waals surface area contributed by atoms with Gasteiger partial charge in [0.2, 0.25) is 0 Å². The van der Waals surface area contributed by atoms with Crippen LogP contribution >= 0.6 is 0 Å². The van der Waals surface area contributed by atoms with E-state index in [1.54, 1.807) is 13.3 Å². The zero-order valence-corrected chi connectivity index (χ0v) is 17.0. The molecule has 1 unspecified atom stereocenters.